The Bertz CT molecular complexity index is 970. The number of nitrogens with one attached hydrogen (secondary N) is 1. The van der Waals surface area contributed by atoms with E-state index in [1.54, 1.807) is 11.0 Å². The third-order valence-corrected chi connectivity index (χ3v) is 6.06. The molecule has 0 spiro atoms. The van der Waals surface area contributed by atoms with Crippen LogP contribution in [0, 0.1) is 12.7 Å². The average molecular weight is 410 g/mol. The summed E-state index contributed by atoms with van der Waals surface area (Å²) in [7, 11) is 0. The first-order valence-corrected chi connectivity index (χ1v) is 10.5. The van der Waals surface area contributed by atoms with Gasteiger partial charge in [0.25, 0.3) is 5.91 Å². The highest BCUT2D eigenvalue weighted by atomic mass is 19.1. The Kier molecular flexibility index (Phi) is 5.70. The minimum atomic E-state index is -0.563. The average Bonchev–Trinajstić information content (AvgIpc) is 3.19. The molecule has 0 aliphatic carbocycles. The molecule has 2 amide bonds. The zero-order valence-electron chi connectivity index (χ0n) is 17.4. The van der Waals surface area contributed by atoms with Gasteiger partial charge in [0.05, 0.1) is 11.5 Å². The maximum atomic E-state index is 14.7. The van der Waals surface area contributed by atoms with Gasteiger partial charge in [-0.3, -0.25) is 9.59 Å². The number of rotatable bonds is 4. The summed E-state index contributed by atoms with van der Waals surface area (Å²) in [6.45, 7) is 7.12. The van der Waals surface area contributed by atoms with Gasteiger partial charge >= 0.3 is 0 Å². The number of aryl methyl sites for hydroxylation is 2. The molecular weight excluding hydrogens is 383 g/mol. The standard InChI is InChI=1S/C23H27FN4O2/c1-3-16-12-15(2)21(26-14-16)27-8-10-28(11-9-27)23(30)19-5-4-17(13-20(19)24)18-6-7-25-22(18)29/h4-5,12-14,18H,3,6-11H2,1-2H3,(H,25,29). The number of carbonyl (C=O) groups excluding carboxylic acids is 2. The van der Waals surface area contributed by atoms with Crippen LogP contribution < -0.4 is 10.2 Å². The molecule has 0 radical (unpaired) electrons. The lowest BCUT2D eigenvalue weighted by Crippen LogP contribution is -2.49. The zero-order valence-corrected chi connectivity index (χ0v) is 17.4. The van der Waals surface area contributed by atoms with Gasteiger partial charge in [0.15, 0.2) is 0 Å². The van der Waals surface area contributed by atoms with Crippen molar-refractivity contribution in [2.24, 2.45) is 0 Å². The van der Waals surface area contributed by atoms with E-state index in [0.29, 0.717) is 44.7 Å². The lowest BCUT2D eigenvalue weighted by molar-refractivity contribution is -0.120. The number of amides is 2. The number of hydrogen-bond acceptors (Lipinski definition) is 4. The Morgan fingerprint density at radius 2 is 2.00 bits per heavy atom. The van der Waals surface area contributed by atoms with Crippen LogP contribution in [0.15, 0.2) is 30.5 Å². The summed E-state index contributed by atoms with van der Waals surface area (Å²) >= 11 is 0. The number of hydrogen-bond donors (Lipinski definition) is 1. The highest BCUT2D eigenvalue weighted by molar-refractivity contribution is 5.95. The summed E-state index contributed by atoms with van der Waals surface area (Å²) in [4.78, 5) is 33.2. The normalized spacial score (nSPS) is 19.2. The summed E-state index contributed by atoms with van der Waals surface area (Å²) in [5.41, 5.74) is 3.03. The smallest absolute Gasteiger partial charge is 0.256 e. The fraction of sp³-hybridized carbons (Fsp3) is 0.435. The summed E-state index contributed by atoms with van der Waals surface area (Å²) in [5, 5.41) is 2.76. The summed E-state index contributed by atoms with van der Waals surface area (Å²) < 4.78 is 14.7. The van der Waals surface area contributed by atoms with Gasteiger partial charge in [-0.05, 0) is 48.6 Å². The van der Waals surface area contributed by atoms with E-state index in [-0.39, 0.29) is 23.3 Å². The van der Waals surface area contributed by atoms with Crippen LogP contribution in [-0.2, 0) is 11.2 Å². The van der Waals surface area contributed by atoms with Gasteiger partial charge in [-0.15, -0.1) is 0 Å². The minimum absolute atomic E-state index is 0.0622. The Labute approximate surface area is 176 Å². The molecule has 0 saturated carbocycles. The van der Waals surface area contributed by atoms with Gasteiger partial charge in [-0.2, -0.15) is 0 Å². The van der Waals surface area contributed by atoms with Crippen LogP contribution in [0.3, 0.4) is 0 Å². The molecule has 7 heteroatoms. The largest absolute Gasteiger partial charge is 0.356 e. The van der Waals surface area contributed by atoms with Crippen LogP contribution in [0.25, 0.3) is 0 Å². The predicted octanol–water partition coefficient (Wildman–Crippen LogP) is 2.66. The van der Waals surface area contributed by atoms with E-state index in [1.807, 2.05) is 6.20 Å². The second-order valence-electron chi connectivity index (χ2n) is 7.99. The molecule has 1 unspecified atom stereocenters. The summed E-state index contributed by atoms with van der Waals surface area (Å²) in [6.07, 6.45) is 3.51. The second-order valence-corrected chi connectivity index (χ2v) is 7.99. The molecular formula is C23H27FN4O2. The van der Waals surface area contributed by atoms with Gasteiger partial charge in [0.2, 0.25) is 5.91 Å². The van der Waals surface area contributed by atoms with Crippen LogP contribution >= 0.6 is 0 Å². The molecule has 3 heterocycles. The van der Waals surface area contributed by atoms with E-state index < -0.39 is 5.82 Å². The molecule has 4 rings (SSSR count). The topological polar surface area (TPSA) is 65.5 Å². The van der Waals surface area contributed by atoms with E-state index in [0.717, 1.165) is 17.8 Å². The second kappa shape index (κ2) is 8.42. The van der Waals surface area contributed by atoms with Crippen molar-refractivity contribution < 1.29 is 14.0 Å². The van der Waals surface area contributed by atoms with Crippen molar-refractivity contribution >= 4 is 17.6 Å². The van der Waals surface area contributed by atoms with Gasteiger partial charge < -0.3 is 15.1 Å². The first-order chi connectivity index (χ1) is 14.5. The molecule has 1 aromatic carbocycles. The third kappa shape index (κ3) is 3.88. The van der Waals surface area contributed by atoms with Gasteiger partial charge in [-0.1, -0.05) is 19.1 Å². The van der Waals surface area contributed by atoms with Crippen molar-refractivity contribution in [1.82, 2.24) is 15.2 Å². The number of pyridine rings is 1. The Morgan fingerprint density at radius 1 is 1.23 bits per heavy atom. The fourth-order valence-corrected chi connectivity index (χ4v) is 4.28. The first kappa shape index (κ1) is 20.3. The maximum Gasteiger partial charge on any atom is 0.256 e. The first-order valence-electron chi connectivity index (χ1n) is 10.5. The maximum absolute atomic E-state index is 14.7. The Balaban J connectivity index is 1.42. The molecule has 1 aromatic heterocycles. The number of halogens is 1. The SMILES string of the molecule is CCc1cnc(N2CCN(C(=O)c3ccc(C4CCNC4=O)cc3F)CC2)c(C)c1. The van der Waals surface area contributed by atoms with Crippen LogP contribution in [0.1, 0.15) is 46.3 Å². The van der Waals surface area contributed by atoms with Crippen molar-refractivity contribution in [3.63, 3.8) is 0 Å². The third-order valence-electron chi connectivity index (χ3n) is 6.06. The monoisotopic (exact) mass is 410 g/mol. The number of nitrogens with zero attached hydrogens (tertiary/aromatic N) is 3. The van der Waals surface area contributed by atoms with Gasteiger partial charge in [0.1, 0.15) is 11.6 Å². The van der Waals surface area contributed by atoms with Gasteiger partial charge in [0, 0.05) is 38.9 Å². The minimum Gasteiger partial charge on any atom is -0.356 e. The quantitative estimate of drug-likeness (QED) is 0.842. The van der Waals surface area contributed by atoms with Crippen molar-refractivity contribution in [2.45, 2.75) is 32.6 Å². The molecule has 2 fully saturated rings. The number of piperazine rings is 1. The van der Waals surface area contributed by atoms with Crippen molar-refractivity contribution in [1.29, 1.82) is 0 Å². The van der Waals surface area contributed by atoms with E-state index in [1.165, 1.54) is 17.7 Å². The number of benzene rings is 1. The van der Waals surface area contributed by atoms with E-state index in [2.05, 4.69) is 35.1 Å². The summed E-state index contributed by atoms with van der Waals surface area (Å²) in [5.74, 6) is -0.333. The summed E-state index contributed by atoms with van der Waals surface area (Å²) in [6, 6.07) is 6.70. The molecule has 2 saturated heterocycles. The predicted molar refractivity (Wildman–Crippen MR) is 113 cm³/mol. The van der Waals surface area contributed by atoms with Gasteiger partial charge in [-0.25, -0.2) is 9.37 Å². The fourth-order valence-electron chi connectivity index (χ4n) is 4.28. The number of anilines is 1. The molecule has 158 valence electrons. The molecule has 6 nitrogen and oxygen atoms in total. The molecule has 2 aromatic rings. The Hall–Kier alpha value is -2.96. The molecule has 30 heavy (non-hydrogen) atoms. The van der Waals surface area contributed by atoms with E-state index in [9.17, 15) is 14.0 Å². The molecule has 1 N–H and O–H groups in total. The van der Waals surface area contributed by atoms with Crippen LogP contribution in [0.4, 0.5) is 10.2 Å². The molecule has 1 atom stereocenters. The van der Waals surface area contributed by atoms with E-state index >= 15 is 0 Å². The van der Waals surface area contributed by atoms with Crippen molar-refractivity contribution in [3.05, 3.63) is 58.5 Å². The van der Waals surface area contributed by atoms with Crippen LogP contribution in [-0.4, -0.2) is 54.4 Å². The van der Waals surface area contributed by atoms with E-state index in [4.69, 9.17) is 0 Å². The highest BCUT2D eigenvalue weighted by Gasteiger charge is 2.29. The van der Waals surface area contributed by atoms with Crippen LogP contribution in [0.5, 0.6) is 0 Å². The van der Waals surface area contributed by atoms with Crippen molar-refractivity contribution in [3.8, 4) is 0 Å². The van der Waals surface area contributed by atoms with Crippen LogP contribution in [0.2, 0.25) is 0 Å². The molecule has 2 aliphatic heterocycles. The zero-order chi connectivity index (χ0) is 21.3. The lowest BCUT2D eigenvalue weighted by atomic mass is 9.96. The number of carbonyl (C=O) groups is 2. The Morgan fingerprint density at radius 3 is 2.60 bits per heavy atom. The highest BCUT2D eigenvalue weighted by Crippen LogP contribution is 2.26. The molecule has 2 aliphatic rings. The lowest BCUT2D eigenvalue weighted by Gasteiger charge is -2.36. The molecule has 0 bridgehead atoms. The van der Waals surface area contributed by atoms with Crippen molar-refractivity contribution in [2.75, 3.05) is 37.6 Å². The number of aromatic nitrogens is 1.